The molecule has 2 atom stereocenters. The van der Waals surface area contributed by atoms with Gasteiger partial charge in [-0.2, -0.15) is 0 Å². The summed E-state index contributed by atoms with van der Waals surface area (Å²) in [5.41, 5.74) is 7.45. The van der Waals surface area contributed by atoms with Crippen LogP contribution in [-0.4, -0.2) is 22.8 Å². The lowest BCUT2D eigenvalue weighted by molar-refractivity contribution is 0.179. The third-order valence-electron chi connectivity index (χ3n) is 3.20. The van der Waals surface area contributed by atoms with Gasteiger partial charge in [0, 0.05) is 24.3 Å². The van der Waals surface area contributed by atoms with Crippen LogP contribution in [-0.2, 0) is 10.3 Å². The largest absolute Gasteiger partial charge is 0.381 e. The Balaban J connectivity index is 2.23. The van der Waals surface area contributed by atoms with Gasteiger partial charge in [0.2, 0.25) is 0 Å². The van der Waals surface area contributed by atoms with Crippen molar-refractivity contribution >= 4 is 0 Å². The van der Waals surface area contributed by atoms with E-state index >= 15 is 0 Å². The van der Waals surface area contributed by atoms with Crippen LogP contribution in [0.25, 0.3) is 0 Å². The Kier molecular flexibility index (Phi) is 3.04. The van der Waals surface area contributed by atoms with E-state index in [4.69, 9.17) is 10.5 Å². The van der Waals surface area contributed by atoms with E-state index in [1.807, 2.05) is 12.5 Å². The molecule has 1 aliphatic heterocycles. The van der Waals surface area contributed by atoms with E-state index in [2.05, 4.69) is 30.3 Å². The molecule has 90 valence electrons. The molecule has 1 fully saturated rings. The van der Waals surface area contributed by atoms with Gasteiger partial charge in [-0.3, -0.25) is 0 Å². The lowest BCUT2D eigenvalue weighted by Crippen LogP contribution is -2.30. The highest BCUT2D eigenvalue weighted by atomic mass is 16.5. The first-order valence-corrected chi connectivity index (χ1v) is 5.86. The molecule has 2 unspecified atom stereocenters. The lowest BCUT2D eigenvalue weighted by atomic mass is 9.96. The molecule has 2 heterocycles. The molecule has 1 saturated heterocycles. The quantitative estimate of drug-likeness (QED) is 0.830. The van der Waals surface area contributed by atoms with Gasteiger partial charge < -0.3 is 15.0 Å². The van der Waals surface area contributed by atoms with Crippen LogP contribution in [0.5, 0.6) is 0 Å². The molecule has 0 spiro atoms. The van der Waals surface area contributed by atoms with Crippen LogP contribution < -0.4 is 5.73 Å². The topological polar surface area (TPSA) is 53.1 Å². The summed E-state index contributed by atoms with van der Waals surface area (Å²) >= 11 is 0. The predicted octanol–water partition coefficient (Wildman–Crippen LogP) is 1.67. The maximum Gasteiger partial charge on any atom is 0.0953 e. The Morgan fingerprint density at radius 2 is 2.31 bits per heavy atom. The standard InChI is InChI=1S/C12H21N3O/c1-12(2,3)15-8-14-6-10(15)11(13)9-4-5-16-7-9/h6,8-9,11H,4-5,7,13H2,1-3H3. The summed E-state index contributed by atoms with van der Waals surface area (Å²) in [6, 6.07) is 0.0317. The summed E-state index contributed by atoms with van der Waals surface area (Å²) < 4.78 is 7.55. The van der Waals surface area contributed by atoms with Crippen LogP contribution in [0.15, 0.2) is 12.5 Å². The Hall–Kier alpha value is -0.870. The highest BCUT2D eigenvalue weighted by Gasteiger charge is 2.28. The second-order valence-electron chi connectivity index (χ2n) is 5.51. The molecule has 1 aliphatic rings. The first-order chi connectivity index (χ1) is 7.50. The number of nitrogens with zero attached hydrogens (tertiary/aromatic N) is 2. The van der Waals surface area contributed by atoms with Gasteiger partial charge in [0.05, 0.1) is 24.7 Å². The Labute approximate surface area is 96.8 Å². The van der Waals surface area contributed by atoms with Crippen molar-refractivity contribution in [3.05, 3.63) is 18.2 Å². The van der Waals surface area contributed by atoms with Crippen LogP contribution in [0.3, 0.4) is 0 Å². The number of imidazole rings is 1. The van der Waals surface area contributed by atoms with Crippen LogP contribution >= 0.6 is 0 Å². The molecule has 4 nitrogen and oxygen atoms in total. The van der Waals surface area contributed by atoms with Gasteiger partial charge in [-0.15, -0.1) is 0 Å². The molecule has 1 aromatic rings. The van der Waals surface area contributed by atoms with E-state index in [0.29, 0.717) is 5.92 Å². The van der Waals surface area contributed by atoms with Crippen LogP contribution in [0.2, 0.25) is 0 Å². The minimum Gasteiger partial charge on any atom is -0.381 e. The molecule has 0 amide bonds. The number of aromatic nitrogens is 2. The molecule has 0 aromatic carbocycles. The monoisotopic (exact) mass is 223 g/mol. The molecule has 2 rings (SSSR count). The summed E-state index contributed by atoms with van der Waals surface area (Å²) in [6.45, 7) is 8.10. The van der Waals surface area contributed by atoms with Crippen molar-refractivity contribution in [2.75, 3.05) is 13.2 Å². The van der Waals surface area contributed by atoms with Crippen molar-refractivity contribution in [1.29, 1.82) is 0 Å². The van der Waals surface area contributed by atoms with Gasteiger partial charge in [0.1, 0.15) is 0 Å². The smallest absolute Gasteiger partial charge is 0.0953 e. The third-order valence-corrected chi connectivity index (χ3v) is 3.20. The van der Waals surface area contributed by atoms with E-state index in [-0.39, 0.29) is 11.6 Å². The van der Waals surface area contributed by atoms with Crippen LogP contribution in [0.1, 0.15) is 38.9 Å². The van der Waals surface area contributed by atoms with Gasteiger partial charge in [0.15, 0.2) is 0 Å². The number of rotatable bonds is 2. The SMILES string of the molecule is CC(C)(C)n1cncc1C(N)C1CCOC1. The maximum absolute atomic E-state index is 6.30. The summed E-state index contributed by atoms with van der Waals surface area (Å²) in [4.78, 5) is 4.22. The van der Waals surface area contributed by atoms with Crippen LogP contribution in [0.4, 0.5) is 0 Å². The van der Waals surface area contributed by atoms with Gasteiger partial charge in [-0.1, -0.05) is 0 Å². The number of ether oxygens (including phenoxy) is 1. The molecule has 16 heavy (non-hydrogen) atoms. The van der Waals surface area contributed by atoms with E-state index < -0.39 is 0 Å². The summed E-state index contributed by atoms with van der Waals surface area (Å²) in [5.74, 6) is 0.429. The zero-order chi connectivity index (χ0) is 11.8. The van der Waals surface area contributed by atoms with E-state index in [9.17, 15) is 0 Å². The van der Waals surface area contributed by atoms with Gasteiger partial charge in [-0.25, -0.2) is 4.98 Å². The second-order valence-corrected chi connectivity index (χ2v) is 5.51. The van der Waals surface area contributed by atoms with Crippen molar-refractivity contribution in [3.63, 3.8) is 0 Å². The molecule has 1 aromatic heterocycles. The normalized spacial score (nSPS) is 23.6. The van der Waals surface area contributed by atoms with E-state index in [1.165, 1.54) is 0 Å². The number of hydrogen-bond acceptors (Lipinski definition) is 3. The third kappa shape index (κ3) is 2.13. The molecular weight excluding hydrogens is 202 g/mol. The highest BCUT2D eigenvalue weighted by molar-refractivity contribution is 5.09. The lowest BCUT2D eigenvalue weighted by Gasteiger charge is -2.27. The fraction of sp³-hybridized carbons (Fsp3) is 0.750. The van der Waals surface area contributed by atoms with Crippen LogP contribution in [0, 0.1) is 5.92 Å². The molecule has 0 radical (unpaired) electrons. The number of nitrogens with two attached hydrogens (primary N) is 1. The summed E-state index contributed by atoms with van der Waals surface area (Å²) in [6.07, 6.45) is 4.80. The molecule has 2 N–H and O–H groups in total. The molecule has 0 bridgehead atoms. The van der Waals surface area contributed by atoms with E-state index in [1.54, 1.807) is 0 Å². The predicted molar refractivity (Wildman–Crippen MR) is 63.1 cm³/mol. The second kappa shape index (κ2) is 4.18. The number of hydrogen-bond donors (Lipinski definition) is 1. The molecule has 4 heteroatoms. The maximum atomic E-state index is 6.30. The van der Waals surface area contributed by atoms with Crippen molar-refractivity contribution < 1.29 is 4.74 Å². The Morgan fingerprint density at radius 1 is 1.56 bits per heavy atom. The van der Waals surface area contributed by atoms with Gasteiger partial charge in [0.25, 0.3) is 0 Å². The molecule has 0 saturated carbocycles. The minimum absolute atomic E-state index is 0.0307. The zero-order valence-electron chi connectivity index (χ0n) is 10.3. The average molecular weight is 223 g/mol. The van der Waals surface area contributed by atoms with Crippen molar-refractivity contribution in [1.82, 2.24) is 9.55 Å². The first-order valence-electron chi connectivity index (χ1n) is 5.86. The van der Waals surface area contributed by atoms with Gasteiger partial charge >= 0.3 is 0 Å². The fourth-order valence-electron chi connectivity index (χ4n) is 2.19. The Morgan fingerprint density at radius 3 is 2.88 bits per heavy atom. The average Bonchev–Trinajstić information content (AvgIpc) is 2.87. The van der Waals surface area contributed by atoms with Crippen molar-refractivity contribution in [2.24, 2.45) is 11.7 Å². The zero-order valence-corrected chi connectivity index (χ0v) is 10.3. The van der Waals surface area contributed by atoms with Crippen molar-refractivity contribution in [2.45, 2.75) is 38.8 Å². The van der Waals surface area contributed by atoms with E-state index in [0.717, 1.165) is 25.3 Å². The molecular formula is C12H21N3O. The summed E-state index contributed by atoms with van der Waals surface area (Å²) in [7, 11) is 0. The van der Waals surface area contributed by atoms with Gasteiger partial charge in [-0.05, 0) is 27.2 Å². The first kappa shape index (κ1) is 11.6. The highest BCUT2D eigenvalue weighted by Crippen LogP contribution is 2.29. The van der Waals surface area contributed by atoms with Crippen molar-refractivity contribution in [3.8, 4) is 0 Å². The minimum atomic E-state index is 0.0307. The summed E-state index contributed by atoms with van der Waals surface area (Å²) in [5, 5.41) is 0. The molecule has 0 aliphatic carbocycles. The Bertz CT molecular complexity index is 347. The fourth-order valence-corrected chi connectivity index (χ4v) is 2.19.